The predicted octanol–water partition coefficient (Wildman–Crippen LogP) is 1.71. The van der Waals surface area contributed by atoms with E-state index in [9.17, 15) is 4.79 Å². The van der Waals surface area contributed by atoms with Gasteiger partial charge in [-0.05, 0) is 44.0 Å². The Bertz CT molecular complexity index is 383. The molecule has 0 radical (unpaired) electrons. The number of anilines is 1. The molecule has 1 saturated heterocycles. The molecular formula is C13H18N2O. The van der Waals surface area contributed by atoms with E-state index in [-0.39, 0.29) is 11.9 Å². The van der Waals surface area contributed by atoms with Crippen molar-refractivity contribution >= 4 is 11.6 Å². The highest BCUT2D eigenvalue weighted by atomic mass is 16.2. The molecule has 1 aliphatic rings. The van der Waals surface area contributed by atoms with E-state index in [1.807, 2.05) is 38.2 Å². The molecule has 0 spiro atoms. The lowest BCUT2D eigenvalue weighted by Gasteiger charge is -2.21. The molecule has 3 heteroatoms. The summed E-state index contributed by atoms with van der Waals surface area (Å²) in [6.45, 7) is 2.99. The molecule has 1 heterocycles. The van der Waals surface area contributed by atoms with Gasteiger partial charge in [0.1, 0.15) is 0 Å². The summed E-state index contributed by atoms with van der Waals surface area (Å²) >= 11 is 0. The van der Waals surface area contributed by atoms with Crippen LogP contribution in [0.25, 0.3) is 0 Å². The van der Waals surface area contributed by atoms with Gasteiger partial charge in [0.05, 0.1) is 6.04 Å². The number of carbonyl (C=O) groups is 1. The third kappa shape index (κ3) is 2.25. The molecule has 1 atom stereocenters. The molecular weight excluding hydrogens is 200 g/mol. The topological polar surface area (TPSA) is 32.3 Å². The number of hydrogen-bond donors (Lipinski definition) is 1. The van der Waals surface area contributed by atoms with Crippen LogP contribution in [-0.4, -0.2) is 25.5 Å². The van der Waals surface area contributed by atoms with Crippen molar-refractivity contribution in [2.45, 2.75) is 25.8 Å². The summed E-state index contributed by atoms with van der Waals surface area (Å²) in [6, 6.07) is 8.03. The van der Waals surface area contributed by atoms with Crippen molar-refractivity contribution < 1.29 is 4.79 Å². The highest BCUT2D eigenvalue weighted by molar-refractivity contribution is 5.96. The maximum absolute atomic E-state index is 12.1. The molecule has 1 amide bonds. The molecule has 0 bridgehead atoms. The zero-order valence-electron chi connectivity index (χ0n) is 9.86. The second-order valence-corrected chi connectivity index (χ2v) is 4.39. The molecule has 1 aromatic carbocycles. The van der Waals surface area contributed by atoms with E-state index in [1.165, 1.54) is 5.56 Å². The molecule has 1 fully saturated rings. The Balaban J connectivity index is 2.11. The zero-order chi connectivity index (χ0) is 11.5. The van der Waals surface area contributed by atoms with Crippen LogP contribution in [-0.2, 0) is 4.79 Å². The Morgan fingerprint density at radius 1 is 1.50 bits per heavy atom. The number of benzene rings is 1. The van der Waals surface area contributed by atoms with E-state index in [4.69, 9.17) is 0 Å². The lowest BCUT2D eigenvalue weighted by molar-refractivity contribution is -0.119. The number of amides is 1. The molecule has 0 aliphatic carbocycles. The minimum Gasteiger partial charge on any atom is -0.314 e. The summed E-state index contributed by atoms with van der Waals surface area (Å²) in [7, 11) is 1.84. The van der Waals surface area contributed by atoms with Crippen LogP contribution in [0.2, 0.25) is 0 Å². The van der Waals surface area contributed by atoms with E-state index in [0.717, 1.165) is 25.1 Å². The van der Waals surface area contributed by atoms with E-state index >= 15 is 0 Å². The van der Waals surface area contributed by atoms with Gasteiger partial charge in [0, 0.05) is 12.7 Å². The average molecular weight is 218 g/mol. The summed E-state index contributed by atoms with van der Waals surface area (Å²) < 4.78 is 0. The Morgan fingerprint density at radius 2 is 2.31 bits per heavy atom. The fourth-order valence-corrected chi connectivity index (χ4v) is 2.09. The molecule has 1 aliphatic heterocycles. The SMILES string of the molecule is Cc1cccc(N(C)C(=O)[C@H]2CCCN2)c1. The zero-order valence-corrected chi connectivity index (χ0v) is 9.86. The van der Waals surface area contributed by atoms with Crippen molar-refractivity contribution in [2.75, 3.05) is 18.5 Å². The van der Waals surface area contributed by atoms with Gasteiger partial charge in [-0.2, -0.15) is 0 Å². The summed E-state index contributed by atoms with van der Waals surface area (Å²) in [5.74, 6) is 0.170. The van der Waals surface area contributed by atoms with Gasteiger partial charge < -0.3 is 10.2 Å². The molecule has 1 aromatic rings. The first-order chi connectivity index (χ1) is 7.68. The average Bonchev–Trinajstić information content (AvgIpc) is 2.80. The van der Waals surface area contributed by atoms with E-state index < -0.39 is 0 Å². The van der Waals surface area contributed by atoms with E-state index in [0.29, 0.717) is 0 Å². The summed E-state index contributed by atoms with van der Waals surface area (Å²) in [5.41, 5.74) is 2.15. The fraction of sp³-hybridized carbons (Fsp3) is 0.462. The fourth-order valence-electron chi connectivity index (χ4n) is 2.09. The molecule has 0 unspecified atom stereocenters. The first kappa shape index (κ1) is 11.1. The third-order valence-electron chi connectivity index (χ3n) is 3.08. The predicted molar refractivity (Wildman–Crippen MR) is 65.6 cm³/mol. The monoisotopic (exact) mass is 218 g/mol. The number of rotatable bonds is 2. The maximum Gasteiger partial charge on any atom is 0.243 e. The van der Waals surface area contributed by atoms with Crippen LogP contribution >= 0.6 is 0 Å². The van der Waals surface area contributed by atoms with Gasteiger partial charge >= 0.3 is 0 Å². The van der Waals surface area contributed by atoms with Crippen molar-refractivity contribution in [3.05, 3.63) is 29.8 Å². The molecule has 86 valence electrons. The molecule has 3 nitrogen and oxygen atoms in total. The number of likely N-dealkylation sites (N-methyl/N-ethyl adjacent to an activating group) is 1. The van der Waals surface area contributed by atoms with Crippen molar-refractivity contribution in [3.8, 4) is 0 Å². The van der Waals surface area contributed by atoms with E-state index in [1.54, 1.807) is 4.90 Å². The summed E-state index contributed by atoms with van der Waals surface area (Å²) in [5, 5.41) is 3.23. The summed E-state index contributed by atoms with van der Waals surface area (Å²) in [4.78, 5) is 13.9. The Kier molecular flexibility index (Phi) is 3.25. The Hall–Kier alpha value is -1.35. The van der Waals surface area contributed by atoms with Gasteiger partial charge in [-0.1, -0.05) is 12.1 Å². The standard InChI is InChI=1S/C13H18N2O/c1-10-5-3-6-11(9-10)15(2)13(16)12-7-4-8-14-12/h3,5-6,9,12,14H,4,7-8H2,1-2H3/t12-/m1/s1. The lowest BCUT2D eigenvalue weighted by atomic mass is 10.1. The van der Waals surface area contributed by atoms with Gasteiger partial charge in [-0.25, -0.2) is 0 Å². The van der Waals surface area contributed by atoms with Crippen LogP contribution < -0.4 is 10.2 Å². The van der Waals surface area contributed by atoms with Gasteiger partial charge in [0.2, 0.25) is 5.91 Å². The first-order valence-corrected chi connectivity index (χ1v) is 5.76. The minimum absolute atomic E-state index is 0.00510. The van der Waals surface area contributed by atoms with Gasteiger partial charge in [0.25, 0.3) is 0 Å². The van der Waals surface area contributed by atoms with E-state index in [2.05, 4.69) is 5.32 Å². The first-order valence-electron chi connectivity index (χ1n) is 5.76. The van der Waals surface area contributed by atoms with Crippen molar-refractivity contribution in [1.82, 2.24) is 5.32 Å². The Morgan fingerprint density at radius 3 is 2.94 bits per heavy atom. The maximum atomic E-state index is 12.1. The molecule has 0 saturated carbocycles. The largest absolute Gasteiger partial charge is 0.314 e. The van der Waals surface area contributed by atoms with Crippen molar-refractivity contribution in [1.29, 1.82) is 0 Å². The van der Waals surface area contributed by atoms with Crippen LogP contribution in [0.4, 0.5) is 5.69 Å². The number of hydrogen-bond acceptors (Lipinski definition) is 2. The van der Waals surface area contributed by atoms with Crippen LogP contribution in [0.3, 0.4) is 0 Å². The van der Waals surface area contributed by atoms with Crippen LogP contribution in [0.5, 0.6) is 0 Å². The third-order valence-corrected chi connectivity index (χ3v) is 3.08. The van der Waals surface area contributed by atoms with Crippen molar-refractivity contribution in [3.63, 3.8) is 0 Å². The van der Waals surface area contributed by atoms with Crippen molar-refractivity contribution in [2.24, 2.45) is 0 Å². The molecule has 16 heavy (non-hydrogen) atoms. The second-order valence-electron chi connectivity index (χ2n) is 4.39. The van der Waals surface area contributed by atoms with Gasteiger partial charge in [-0.3, -0.25) is 4.79 Å². The number of nitrogens with one attached hydrogen (secondary N) is 1. The summed E-state index contributed by atoms with van der Waals surface area (Å²) in [6.07, 6.45) is 2.05. The minimum atomic E-state index is 0.00510. The van der Waals surface area contributed by atoms with Crippen LogP contribution in [0.1, 0.15) is 18.4 Å². The van der Waals surface area contributed by atoms with Crippen LogP contribution in [0.15, 0.2) is 24.3 Å². The molecule has 2 rings (SSSR count). The van der Waals surface area contributed by atoms with Gasteiger partial charge in [0.15, 0.2) is 0 Å². The van der Waals surface area contributed by atoms with Crippen LogP contribution in [0, 0.1) is 6.92 Å². The number of carbonyl (C=O) groups excluding carboxylic acids is 1. The highest BCUT2D eigenvalue weighted by Crippen LogP contribution is 2.17. The smallest absolute Gasteiger partial charge is 0.243 e. The normalized spacial score (nSPS) is 19.8. The number of aryl methyl sites for hydroxylation is 1. The van der Waals surface area contributed by atoms with Gasteiger partial charge in [-0.15, -0.1) is 0 Å². The lowest BCUT2D eigenvalue weighted by Crippen LogP contribution is -2.41. The quantitative estimate of drug-likeness (QED) is 0.819. The highest BCUT2D eigenvalue weighted by Gasteiger charge is 2.25. The Labute approximate surface area is 96.5 Å². The molecule has 1 N–H and O–H groups in total. The number of nitrogens with zero attached hydrogens (tertiary/aromatic N) is 1. The second kappa shape index (κ2) is 4.66. The molecule has 0 aromatic heterocycles.